The van der Waals surface area contributed by atoms with E-state index >= 15 is 0 Å². The highest BCUT2D eigenvalue weighted by Gasteiger charge is 2.13. The van der Waals surface area contributed by atoms with Crippen LogP contribution in [0.3, 0.4) is 0 Å². The quantitative estimate of drug-likeness (QED) is 0.412. The topological polar surface area (TPSA) is 61.8 Å². The highest BCUT2D eigenvalue weighted by molar-refractivity contribution is 6.40. The van der Waals surface area contributed by atoms with Gasteiger partial charge in [-0.15, -0.1) is 0 Å². The molecule has 2 aromatic carbocycles. The lowest BCUT2D eigenvalue weighted by Gasteiger charge is -2.07. The molecule has 0 aliphatic carbocycles. The van der Waals surface area contributed by atoms with Crippen molar-refractivity contribution < 1.29 is 23.8 Å². The molecule has 0 saturated heterocycles. The first-order chi connectivity index (χ1) is 11.9. The summed E-state index contributed by atoms with van der Waals surface area (Å²) in [6, 6.07) is 9.33. The summed E-state index contributed by atoms with van der Waals surface area (Å²) in [5.41, 5.74) is 0. The molecule has 0 aromatic heterocycles. The van der Waals surface area contributed by atoms with E-state index in [0.717, 1.165) is 12.2 Å². The van der Waals surface area contributed by atoms with Crippen molar-refractivity contribution >= 4 is 46.7 Å². The molecule has 0 bridgehead atoms. The molecule has 25 heavy (non-hydrogen) atoms. The zero-order valence-electron chi connectivity index (χ0n) is 12.8. The normalized spacial score (nSPS) is 10.6. The number of rotatable bonds is 5. The van der Waals surface area contributed by atoms with Crippen LogP contribution in [0.25, 0.3) is 0 Å². The summed E-state index contributed by atoms with van der Waals surface area (Å²) in [4.78, 5) is 23.6. The molecule has 0 fully saturated rings. The van der Waals surface area contributed by atoms with E-state index in [0.29, 0.717) is 10.8 Å². The Labute approximate surface area is 158 Å². The fourth-order valence-electron chi connectivity index (χ4n) is 1.74. The monoisotopic (exact) mass is 400 g/mol. The van der Waals surface area contributed by atoms with Gasteiger partial charge in [0.05, 0.1) is 17.2 Å². The number of para-hydroxylation sites is 2. The number of carbonyl (C=O) groups excluding carboxylic acids is 2. The number of methoxy groups -OCH3 is 1. The minimum absolute atomic E-state index is 0.0551. The number of hydrogen-bond acceptors (Lipinski definition) is 5. The molecule has 0 radical (unpaired) electrons. The first-order valence-corrected chi connectivity index (χ1v) is 7.93. The lowest BCUT2D eigenvalue weighted by molar-refractivity contribution is -0.131. The van der Waals surface area contributed by atoms with E-state index in [1.165, 1.54) is 19.2 Å². The van der Waals surface area contributed by atoms with Crippen LogP contribution in [0.4, 0.5) is 0 Å². The van der Waals surface area contributed by atoms with E-state index in [2.05, 4.69) is 0 Å². The molecule has 0 unspecified atom stereocenters. The van der Waals surface area contributed by atoms with Crippen molar-refractivity contribution in [1.82, 2.24) is 0 Å². The first kappa shape index (κ1) is 19.1. The summed E-state index contributed by atoms with van der Waals surface area (Å²) in [6.45, 7) is 0. The molecule has 5 nitrogen and oxygen atoms in total. The maximum atomic E-state index is 11.8. The summed E-state index contributed by atoms with van der Waals surface area (Å²) in [5.74, 6) is -1.10. The van der Waals surface area contributed by atoms with E-state index < -0.39 is 11.9 Å². The summed E-state index contributed by atoms with van der Waals surface area (Å²) in [7, 11) is 1.44. The fraction of sp³-hybridized carbons (Fsp3) is 0.0588. The van der Waals surface area contributed by atoms with Gasteiger partial charge < -0.3 is 14.2 Å². The molecule has 0 saturated carbocycles. The SMILES string of the molecule is COc1ccccc1OC(=O)/C=C/C(=O)Oc1c(Cl)cc(Cl)cc1Cl. The molecule has 0 heterocycles. The minimum atomic E-state index is -0.858. The summed E-state index contributed by atoms with van der Waals surface area (Å²) in [5, 5.41) is 0.428. The number of carbonyl (C=O) groups is 2. The van der Waals surface area contributed by atoms with Crippen molar-refractivity contribution in [1.29, 1.82) is 0 Å². The molecule has 8 heteroatoms. The van der Waals surface area contributed by atoms with Gasteiger partial charge in [0.25, 0.3) is 0 Å². The molecule has 0 aliphatic heterocycles. The number of ether oxygens (including phenoxy) is 3. The van der Waals surface area contributed by atoms with Crippen LogP contribution in [-0.2, 0) is 9.59 Å². The maximum absolute atomic E-state index is 11.8. The second-order valence-corrected chi connectivity index (χ2v) is 5.78. The van der Waals surface area contributed by atoms with Gasteiger partial charge in [-0.3, -0.25) is 0 Å². The Bertz CT molecular complexity index is 810. The third-order valence-electron chi connectivity index (χ3n) is 2.80. The highest BCUT2D eigenvalue weighted by Crippen LogP contribution is 2.35. The lowest BCUT2D eigenvalue weighted by Crippen LogP contribution is -2.09. The minimum Gasteiger partial charge on any atom is -0.493 e. The molecule has 0 aliphatic rings. The van der Waals surface area contributed by atoms with Gasteiger partial charge in [-0.25, -0.2) is 9.59 Å². The van der Waals surface area contributed by atoms with Crippen molar-refractivity contribution in [2.45, 2.75) is 0 Å². The van der Waals surface area contributed by atoms with Gasteiger partial charge in [-0.1, -0.05) is 46.9 Å². The van der Waals surface area contributed by atoms with Crippen molar-refractivity contribution in [2.75, 3.05) is 7.11 Å². The number of benzene rings is 2. The zero-order valence-corrected chi connectivity index (χ0v) is 15.1. The van der Waals surface area contributed by atoms with Crippen molar-refractivity contribution in [2.24, 2.45) is 0 Å². The van der Waals surface area contributed by atoms with Crippen LogP contribution in [0, 0.1) is 0 Å². The number of halogens is 3. The van der Waals surface area contributed by atoms with Crippen LogP contribution < -0.4 is 14.2 Å². The van der Waals surface area contributed by atoms with Crippen LogP contribution >= 0.6 is 34.8 Å². The molecular weight excluding hydrogens is 391 g/mol. The Balaban J connectivity index is 2.02. The first-order valence-electron chi connectivity index (χ1n) is 6.80. The van der Waals surface area contributed by atoms with Crippen LogP contribution in [-0.4, -0.2) is 19.0 Å². The average molecular weight is 402 g/mol. The third-order valence-corrected chi connectivity index (χ3v) is 3.58. The standard InChI is InChI=1S/C17H11Cl3O5/c1-23-13-4-2-3-5-14(13)24-15(21)6-7-16(22)25-17-11(19)8-10(18)9-12(17)20/h2-9H,1H3/b7-6+. The van der Waals surface area contributed by atoms with E-state index in [9.17, 15) is 9.59 Å². The van der Waals surface area contributed by atoms with E-state index in [1.807, 2.05) is 0 Å². The average Bonchev–Trinajstić information content (AvgIpc) is 2.56. The molecule has 0 atom stereocenters. The van der Waals surface area contributed by atoms with Gasteiger partial charge in [0.15, 0.2) is 17.2 Å². The summed E-state index contributed by atoms with van der Waals surface area (Å²) in [6.07, 6.45) is 1.80. The molecule has 0 N–H and O–H groups in total. The number of hydrogen-bond donors (Lipinski definition) is 0. The van der Waals surface area contributed by atoms with Crippen molar-refractivity contribution in [3.8, 4) is 17.2 Å². The van der Waals surface area contributed by atoms with Crippen LogP contribution in [0.2, 0.25) is 15.1 Å². The van der Waals surface area contributed by atoms with Gasteiger partial charge in [0.2, 0.25) is 0 Å². The van der Waals surface area contributed by atoms with Crippen LogP contribution in [0.1, 0.15) is 0 Å². The largest absolute Gasteiger partial charge is 0.493 e. The smallest absolute Gasteiger partial charge is 0.336 e. The molecular formula is C17H11Cl3O5. The Morgan fingerprint density at radius 3 is 1.96 bits per heavy atom. The van der Waals surface area contributed by atoms with Gasteiger partial charge >= 0.3 is 11.9 Å². The maximum Gasteiger partial charge on any atom is 0.336 e. The number of esters is 2. The predicted octanol–water partition coefficient (Wildman–Crippen LogP) is 4.72. The molecule has 2 rings (SSSR count). The summed E-state index contributed by atoms with van der Waals surface area (Å²) >= 11 is 17.6. The van der Waals surface area contributed by atoms with Crippen LogP contribution in [0.5, 0.6) is 17.2 Å². The van der Waals surface area contributed by atoms with Crippen molar-refractivity contribution in [3.05, 3.63) is 63.6 Å². The Kier molecular flexibility index (Phi) is 6.70. The van der Waals surface area contributed by atoms with Gasteiger partial charge in [0.1, 0.15) is 0 Å². The fourth-order valence-corrected chi connectivity index (χ4v) is 2.64. The van der Waals surface area contributed by atoms with Gasteiger partial charge in [-0.2, -0.15) is 0 Å². The molecule has 130 valence electrons. The van der Waals surface area contributed by atoms with Gasteiger partial charge in [-0.05, 0) is 24.3 Å². The van der Waals surface area contributed by atoms with E-state index in [-0.39, 0.29) is 21.5 Å². The summed E-state index contributed by atoms with van der Waals surface area (Å²) < 4.78 is 15.1. The van der Waals surface area contributed by atoms with E-state index in [4.69, 9.17) is 49.0 Å². The van der Waals surface area contributed by atoms with Crippen molar-refractivity contribution in [3.63, 3.8) is 0 Å². The zero-order chi connectivity index (χ0) is 18.4. The second-order valence-electron chi connectivity index (χ2n) is 4.52. The Morgan fingerprint density at radius 2 is 1.40 bits per heavy atom. The molecule has 2 aromatic rings. The Morgan fingerprint density at radius 1 is 0.880 bits per heavy atom. The highest BCUT2D eigenvalue weighted by atomic mass is 35.5. The van der Waals surface area contributed by atoms with Crippen LogP contribution in [0.15, 0.2) is 48.6 Å². The van der Waals surface area contributed by atoms with Gasteiger partial charge in [0, 0.05) is 17.2 Å². The third kappa shape index (κ3) is 5.39. The van der Waals surface area contributed by atoms with E-state index in [1.54, 1.807) is 24.3 Å². The molecule has 0 spiro atoms. The predicted molar refractivity (Wildman–Crippen MR) is 94.9 cm³/mol. The Hall–Kier alpha value is -2.21. The second kappa shape index (κ2) is 8.76. The lowest BCUT2D eigenvalue weighted by atomic mass is 10.3. The molecule has 0 amide bonds.